The molecule has 0 aliphatic heterocycles. The highest BCUT2D eigenvalue weighted by Crippen LogP contribution is 2.25. The number of halogens is 1. The average Bonchev–Trinajstić information content (AvgIpc) is 2.72. The van der Waals surface area contributed by atoms with Gasteiger partial charge in [0.05, 0.1) is 12.7 Å². The van der Waals surface area contributed by atoms with E-state index in [1.165, 1.54) is 7.11 Å². The van der Waals surface area contributed by atoms with Crippen LogP contribution in [0.5, 0.6) is 0 Å². The average molecular weight is 373 g/mol. The summed E-state index contributed by atoms with van der Waals surface area (Å²) in [7, 11) is 1.36. The van der Waals surface area contributed by atoms with E-state index >= 15 is 0 Å². The Morgan fingerprint density at radius 1 is 0.963 bits per heavy atom. The van der Waals surface area contributed by atoms with Crippen LogP contribution < -0.4 is 0 Å². The summed E-state index contributed by atoms with van der Waals surface area (Å²) in [5.41, 5.74) is 4.64. The normalized spacial score (nSPS) is 10.3. The monoisotopic (exact) mass is 372 g/mol. The van der Waals surface area contributed by atoms with Gasteiger partial charge < -0.3 is 4.74 Å². The highest BCUT2D eigenvalue weighted by Gasteiger charge is 2.03. The van der Waals surface area contributed by atoms with Crippen LogP contribution in [0.4, 0.5) is 0 Å². The Hall–Kier alpha value is -3.28. The maximum atomic E-state index is 11.4. The summed E-state index contributed by atoms with van der Waals surface area (Å²) in [4.78, 5) is 11.4. The smallest absolute Gasteiger partial charge is 0.337 e. The largest absolute Gasteiger partial charge is 0.465 e. The summed E-state index contributed by atoms with van der Waals surface area (Å²) in [5.74, 6) is 5.74. The van der Waals surface area contributed by atoms with Crippen molar-refractivity contribution in [1.82, 2.24) is 0 Å². The van der Waals surface area contributed by atoms with E-state index in [1.54, 1.807) is 24.3 Å². The molecule has 132 valence electrons. The first-order chi connectivity index (χ1) is 13.2. The molecule has 3 heteroatoms. The zero-order valence-corrected chi connectivity index (χ0v) is 15.5. The van der Waals surface area contributed by atoms with Crippen molar-refractivity contribution in [2.75, 3.05) is 7.11 Å². The third-order valence-corrected chi connectivity index (χ3v) is 4.24. The molecule has 0 aliphatic carbocycles. The number of allylic oxidation sites excluding steroid dienone is 1. The van der Waals surface area contributed by atoms with Crippen LogP contribution in [-0.4, -0.2) is 13.1 Å². The van der Waals surface area contributed by atoms with Crippen LogP contribution >= 0.6 is 11.6 Å². The van der Waals surface area contributed by atoms with Gasteiger partial charge in [-0.1, -0.05) is 59.8 Å². The van der Waals surface area contributed by atoms with Crippen molar-refractivity contribution in [3.8, 4) is 23.0 Å². The Bertz CT molecular complexity index is 1020. The summed E-state index contributed by atoms with van der Waals surface area (Å²) in [6.07, 6.45) is 3.81. The molecule has 27 heavy (non-hydrogen) atoms. The summed E-state index contributed by atoms with van der Waals surface area (Å²) < 4.78 is 4.68. The van der Waals surface area contributed by atoms with Gasteiger partial charge in [-0.2, -0.15) is 0 Å². The molecule has 0 unspecified atom stereocenters. The predicted molar refractivity (Wildman–Crippen MR) is 111 cm³/mol. The molecule has 0 amide bonds. The van der Waals surface area contributed by atoms with Crippen LogP contribution in [0.25, 0.3) is 17.2 Å². The molecule has 2 nitrogen and oxygen atoms in total. The number of esters is 1. The lowest BCUT2D eigenvalue weighted by molar-refractivity contribution is 0.0600. The maximum absolute atomic E-state index is 11.4. The van der Waals surface area contributed by atoms with E-state index in [1.807, 2.05) is 54.6 Å². The predicted octanol–water partition coefficient (Wildman–Crippen LogP) is 5.86. The quantitative estimate of drug-likeness (QED) is 0.425. The number of methoxy groups -OCH3 is 1. The molecule has 0 spiro atoms. The van der Waals surface area contributed by atoms with E-state index in [-0.39, 0.29) is 5.97 Å². The van der Waals surface area contributed by atoms with E-state index < -0.39 is 0 Å². The molecule has 0 aliphatic rings. The molecule has 3 rings (SSSR count). The standard InChI is InChI=1S/C24H17ClO2/c1-27-24(26)21-12-10-18(11-13-21)6-2-3-7-19-8-4-5-9-23(19)20-14-16-22(25)17-15-20/h3-5,7-17H,1H3. The first-order valence-electron chi connectivity index (χ1n) is 8.39. The van der Waals surface area contributed by atoms with Crippen LogP contribution in [0.3, 0.4) is 0 Å². The molecule has 3 aromatic carbocycles. The number of rotatable bonds is 3. The first-order valence-corrected chi connectivity index (χ1v) is 8.76. The van der Waals surface area contributed by atoms with Crippen LogP contribution in [0.1, 0.15) is 21.5 Å². The Kier molecular flexibility index (Phi) is 6.10. The topological polar surface area (TPSA) is 26.3 Å². The summed E-state index contributed by atoms with van der Waals surface area (Å²) in [6, 6.07) is 22.9. The Morgan fingerprint density at radius 3 is 2.37 bits per heavy atom. The van der Waals surface area contributed by atoms with Gasteiger partial charge in [0, 0.05) is 10.6 Å². The summed E-state index contributed by atoms with van der Waals surface area (Å²) in [6.45, 7) is 0. The number of ether oxygens (including phenoxy) is 1. The molecule has 0 aromatic heterocycles. The van der Waals surface area contributed by atoms with Crippen molar-refractivity contribution >= 4 is 23.6 Å². The highest BCUT2D eigenvalue weighted by molar-refractivity contribution is 6.30. The molecular weight excluding hydrogens is 356 g/mol. The maximum Gasteiger partial charge on any atom is 0.337 e. The zero-order chi connectivity index (χ0) is 19.1. The van der Waals surface area contributed by atoms with Crippen molar-refractivity contribution in [2.45, 2.75) is 0 Å². The van der Waals surface area contributed by atoms with Crippen molar-refractivity contribution in [2.24, 2.45) is 0 Å². The number of carbonyl (C=O) groups is 1. The fraction of sp³-hybridized carbons (Fsp3) is 0.0417. The molecule has 0 fully saturated rings. The zero-order valence-electron chi connectivity index (χ0n) is 14.8. The van der Waals surface area contributed by atoms with Crippen molar-refractivity contribution in [3.05, 3.63) is 101 Å². The van der Waals surface area contributed by atoms with Crippen LogP contribution in [0.2, 0.25) is 5.02 Å². The molecule has 0 bridgehead atoms. The van der Waals surface area contributed by atoms with Gasteiger partial charge in [-0.25, -0.2) is 4.79 Å². The third kappa shape index (κ3) is 4.88. The van der Waals surface area contributed by atoms with Crippen LogP contribution in [0.15, 0.2) is 78.9 Å². The van der Waals surface area contributed by atoms with Crippen LogP contribution in [-0.2, 0) is 4.74 Å². The van der Waals surface area contributed by atoms with Gasteiger partial charge in [-0.15, -0.1) is 0 Å². The van der Waals surface area contributed by atoms with Crippen molar-refractivity contribution < 1.29 is 9.53 Å². The van der Waals surface area contributed by atoms with Gasteiger partial charge in [0.25, 0.3) is 0 Å². The number of carbonyl (C=O) groups excluding carboxylic acids is 1. The SMILES string of the molecule is COC(=O)c1ccc(C#CC=Cc2ccccc2-c2ccc(Cl)cc2)cc1. The number of hydrogen-bond donors (Lipinski definition) is 0. The minimum Gasteiger partial charge on any atom is -0.465 e. The fourth-order valence-electron chi connectivity index (χ4n) is 2.60. The van der Waals surface area contributed by atoms with Gasteiger partial charge in [0.15, 0.2) is 0 Å². The lowest BCUT2D eigenvalue weighted by Crippen LogP contribution is -2.00. The highest BCUT2D eigenvalue weighted by atomic mass is 35.5. The number of hydrogen-bond acceptors (Lipinski definition) is 2. The lowest BCUT2D eigenvalue weighted by atomic mass is 9.99. The van der Waals surface area contributed by atoms with Gasteiger partial charge >= 0.3 is 5.97 Å². The van der Waals surface area contributed by atoms with Gasteiger partial charge in [0.1, 0.15) is 0 Å². The van der Waals surface area contributed by atoms with E-state index in [9.17, 15) is 4.79 Å². The Labute approximate surface area is 164 Å². The van der Waals surface area contributed by atoms with E-state index in [4.69, 9.17) is 11.6 Å². The molecule has 0 atom stereocenters. The van der Waals surface area contributed by atoms with E-state index in [0.29, 0.717) is 5.56 Å². The summed E-state index contributed by atoms with van der Waals surface area (Å²) >= 11 is 5.98. The molecule has 0 heterocycles. The second-order valence-corrected chi connectivity index (χ2v) is 6.20. The Balaban J connectivity index is 1.77. The second-order valence-electron chi connectivity index (χ2n) is 5.77. The van der Waals surface area contributed by atoms with Gasteiger partial charge in [-0.05, 0) is 65.2 Å². The lowest BCUT2D eigenvalue weighted by Gasteiger charge is -2.06. The first kappa shape index (κ1) is 18.5. The van der Waals surface area contributed by atoms with Crippen molar-refractivity contribution in [1.29, 1.82) is 0 Å². The summed E-state index contributed by atoms with van der Waals surface area (Å²) in [5, 5.41) is 0.718. The van der Waals surface area contributed by atoms with Gasteiger partial charge in [-0.3, -0.25) is 0 Å². The second kappa shape index (κ2) is 8.89. The van der Waals surface area contributed by atoms with E-state index in [2.05, 4.69) is 22.6 Å². The van der Waals surface area contributed by atoms with Gasteiger partial charge in [0.2, 0.25) is 0 Å². The minimum atomic E-state index is -0.354. The van der Waals surface area contributed by atoms with E-state index in [0.717, 1.165) is 27.3 Å². The molecule has 0 radical (unpaired) electrons. The molecule has 0 N–H and O–H groups in total. The molecule has 3 aromatic rings. The van der Waals surface area contributed by atoms with Crippen LogP contribution in [0, 0.1) is 11.8 Å². The number of benzene rings is 3. The fourth-order valence-corrected chi connectivity index (χ4v) is 2.72. The molecule has 0 saturated carbocycles. The third-order valence-electron chi connectivity index (χ3n) is 3.98. The minimum absolute atomic E-state index is 0.354. The molecular formula is C24H17ClO2. The Morgan fingerprint density at radius 2 is 1.67 bits per heavy atom. The molecule has 0 saturated heterocycles. The van der Waals surface area contributed by atoms with Crippen molar-refractivity contribution in [3.63, 3.8) is 0 Å².